The second kappa shape index (κ2) is 7.59. The van der Waals surface area contributed by atoms with E-state index in [4.69, 9.17) is 4.74 Å². The van der Waals surface area contributed by atoms with Gasteiger partial charge in [-0.15, -0.1) is 0 Å². The van der Waals surface area contributed by atoms with Crippen LogP contribution in [0.4, 0.5) is 0 Å². The highest BCUT2D eigenvalue weighted by Gasteiger charge is 2.03. The van der Waals surface area contributed by atoms with Gasteiger partial charge >= 0.3 is 0 Å². The predicted molar refractivity (Wildman–Crippen MR) is 86.3 cm³/mol. The van der Waals surface area contributed by atoms with Crippen LogP contribution in [0.5, 0.6) is 5.75 Å². The van der Waals surface area contributed by atoms with Crippen molar-refractivity contribution in [2.24, 2.45) is 5.10 Å². The number of benzene rings is 2. The molecule has 0 radical (unpaired) electrons. The van der Waals surface area contributed by atoms with Crippen molar-refractivity contribution in [1.29, 1.82) is 0 Å². The molecule has 0 saturated heterocycles. The van der Waals surface area contributed by atoms with Crippen molar-refractivity contribution in [3.05, 3.63) is 64.1 Å². The Morgan fingerprint density at radius 3 is 2.76 bits per heavy atom. The molecule has 0 bridgehead atoms. The average molecular weight is 347 g/mol. The van der Waals surface area contributed by atoms with Gasteiger partial charge in [0.25, 0.3) is 0 Å². The van der Waals surface area contributed by atoms with Crippen LogP contribution >= 0.6 is 15.9 Å². The molecule has 0 aliphatic heterocycles. The highest BCUT2D eigenvalue weighted by atomic mass is 79.9. The van der Waals surface area contributed by atoms with Crippen LogP contribution in [-0.4, -0.2) is 12.1 Å². The first-order chi connectivity index (χ1) is 10.1. The van der Waals surface area contributed by atoms with Gasteiger partial charge < -0.3 is 4.74 Å². The summed E-state index contributed by atoms with van der Waals surface area (Å²) < 4.78 is 6.73. The molecule has 0 unspecified atom stereocenters. The molecule has 2 aromatic carbocycles. The fraction of sp³-hybridized carbons (Fsp3) is 0.125. The van der Waals surface area contributed by atoms with Gasteiger partial charge in [0.2, 0.25) is 5.91 Å². The second-order valence-corrected chi connectivity index (χ2v) is 5.30. The molecule has 2 aromatic rings. The molecule has 1 N–H and O–H groups in total. The number of hydrogen-bond donors (Lipinski definition) is 1. The van der Waals surface area contributed by atoms with E-state index in [1.807, 2.05) is 48.5 Å². The first-order valence-electron chi connectivity index (χ1n) is 6.41. The summed E-state index contributed by atoms with van der Waals surface area (Å²) in [7, 11) is 0. The summed E-state index contributed by atoms with van der Waals surface area (Å²) in [6, 6.07) is 15.6. The maximum Gasteiger partial charge on any atom is 0.236 e. The number of hydrogen-bond acceptors (Lipinski definition) is 3. The quantitative estimate of drug-likeness (QED) is 0.665. The Kier molecular flexibility index (Phi) is 5.51. The minimum absolute atomic E-state index is 0.215. The molecule has 108 valence electrons. The van der Waals surface area contributed by atoms with Gasteiger partial charge in [-0.1, -0.05) is 46.3 Å². The number of rotatable bonds is 5. The Bertz CT molecular complexity index is 642. The molecular formula is C16H15BrN2O2. The van der Waals surface area contributed by atoms with Gasteiger partial charge in [0, 0.05) is 17.0 Å². The molecule has 0 atom stereocenters. The lowest BCUT2D eigenvalue weighted by Crippen LogP contribution is -2.12. The minimum Gasteiger partial charge on any atom is -0.488 e. The molecule has 0 heterocycles. The number of nitrogens with zero attached hydrogens (tertiary/aromatic N) is 1. The van der Waals surface area contributed by atoms with E-state index in [2.05, 4.69) is 26.5 Å². The van der Waals surface area contributed by atoms with Gasteiger partial charge in [-0.3, -0.25) is 4.79 Å². The van der Waals surface area contributed by atoms with Crippen LogP contribution < -0.4 is 10.2 Å². The lowest BCUT2D eigenvalue weighted by molar-refractivity contribution is -0.118. The topological polar surface area (TPSA) is 50.7 Å². The van der Waals surface area contributed by atoms with Gasteiger partial charge in [-0.2, -0.15) is 5.10 Å². The molecule has 5 heteroatoms. The third-order valence-corrected chi connectivity index (χ3v) is 3.13. The van der Waals surface area contributed by atoms with Crippen LogP contribution in [0.2, 0.25) is 0 Å². The summed E-state index contributed by atoms with van der Waals surface area (Å²) in [6.45, 7) is 1.88. The Morgan fingerprint density at radius 1 is 1.29 bits per heavy atom. The summed E-state index contributed by atoms with van der Waals surface area (Å²) in [5.41, 5.74) is 4.25. The molecule has 0 fully saturated rings. The number of nitrogens with one attached hydrogen (secondary N) is 1. The van der Waals surface area contributed by atoms with Crippen LogP contribution in [0, 0.1) is 0 Å². The van der Waals surface area contributed by atoms with Gasteiger partial charge in [0.1, 0.15) is 12.4 Å². The van der Waals surface area contributed by atoms with E-state index in [1.54, 1.807) is 6.21 Å². The van der Waals surface area contributed by atoms with E-state index in [0.29, 0.717) is 12.4 Å². The zero-order valence-electron chi connectivity index (χ0n) is 11.5. The number of carbonyl (C=O) groups excluding carboxylic acids is 1. The van der Waals surface area contributed by atoms with Crippen molar-refractivity contribution >= 4 is 28.1 Å². The first kappa shape index (κ1) is 15.3. The third kappa shape index (κ3) is 5.04. The summed E-state index contributed by atoms with van der Waals surface area (Å²) in [5.74, 6) is 0.490. The highest BCUT2D eigenvalue weighted by molar-refractivity contribution is 9.10. The van der Waals surface area contributed by atoms with E-state index in [1.165, 1.54) is 6.92 Å². The average Bonchev–Trinajstić information content (AvgIpc) is 2.47. The molecular weight excluding hydrogens is 332 g/mol. The lowest BCUT2D eigenvalue weighted by Gasteiger charge is -2.09. The number of carbonyl (C=O) groups is 1. The van der Waals surface area contributed by atoms with E-state index < -0.39 is 0 Å². The van der Waals surface area contributed by atoms with Crippen molar-refractivity contribution in [3.8, 4) is 5.75 Å². The van der Waals surface area contributed by atoms with E-state index in [0.717, 1.165) is 15.6 Å². The number of hydrazone groups is 1. The molecule has 1 amide bonds. The SMILES string of the molecule is CC(=O)N/N=C\c1cc(Br)ccc1OCc1ccccc1. The zero-order chi connectivity index (χ0) is 15.1. The minimum atomic E-state index is -0.215. The van der Waals surface area contributed by atoms with Crippen molar-refractivity contribution in [2.45, 2.75) is 13.5 Å². The van der Waals surface area contributed by atoms with Crippen LogP contribution in [0.15, 0.2) is 58.1 Å². The van der Waals surface area contributed by atoms with Crippen LogP contribution in [0.1, 0.15) is 18.1 Å². The fourth-order valence-electron chi connectivity index (χ4n) is 1.68. The third-order valence-electron chi connectivity index (χ3n) is 2.63. The van der Waals surface area contributed by atoms with Crippen molar-refractivity contribution in [3.63, 3.8) is 0 Å². The summed E-state index contributed by atoms with van der Waals surface area (Å²) >= 11 is 3.41. The molecule has 0 aromatic heterocycles. The smallest absolute Gasteiger partial charge is 0.236 e. The summed E-state index contributed by atoms with van der Waals surface area (Å²) in [4.78, 5) is 10.8. The molecule has 0 aliphatic rings. The Morgan fingerprint density at radius 2 is 2.05 bits per heavy atom. The highest BCUT2D eigenvalue weighted by Crippen LogP contribution is 2.22. The second-order valence-electron chi connectivity index (χ2n) is 4.38. The number of amides is 1. The van der Waals surface area contributed by atoms with E-state index >= 15 is 0 Å². The first-order valence-corrected chi connectivity index (χ1v) is 7.20. The van der Waals surface area contributed by atoms with E-state index in [9.17, 15) is 4.79 Å². The Balaban J connectivity index is 2.11. The maximum absolute atomic E-state index is 10.8. The Hall–Kier alpha value is -2.14. The normalized spacial score (nSPS) is 10.6. The largest absolute Gasteiger partial charge is 0.488 e. The predicted octanol–water partition coefficient (Wildman–Crippen LogP) is 3.50. The molecule has 2 rings (SSSR count). The fourth-order valence-corrected chi connectivity index (χ4v) is 2.06. The summed E-state index contributed by atoms with van der Waals surface area (Å²) in [6.07, 6.45) is 1.56. The van der Waals surface area contributed by atoms with Gasteiger partial charge in [-0.05, 0) is 23.8 Å². The molecule has 4 nitrogen and oxygen atoms in total. The van der Waals surface area contributed by atoms with Crippen molar-refractivity contribution < 1.29 is 9.53 Å². The number of halogens is 1. The Labute approximate surface area is 132 Å². The van der Waals surface area contributed by atoms with Crippen LogP contribution in [0.3, 0.4) is 0 Å². The van der Waals surface area contributed by atoms with Crippen molar-refractivity contribution in [2.75, 3.05) is 0 Å². The molecule has 0 aliphatic carbocycles. The zero-order valence-corrected chi connectivity index (χ0v) is 13.1. The molecule has 21 heavy (non-hydrogen) atoms. The molecule has 0 spiro atoms. The number of ether oxygens (including phenoxy) is 1. The molecule has 0 saturated carbocycles. The van der Waals surface area contributed by atoms with Crippen molar-refractivity contribution in [1.82, 2.24) is 5.43 Å². The van der Waals surface area contributed by atoms with Gasteiger partial charge in [0.15, 0.2) is 0 Å². The lowest BCUT2D eigenvalue weighted by atomic mass is 10.2. The standard InChI is InChI=1S/C16H15BrN2O2/c1-12(20)19-18-10-14-9-15(17)7-8-16(14)21-11-13-5-3-2-4-6-13/h2-10H,11H2,1H3,(H,19,20)/b18-10-. The van der Waals surface area contributed by atoms with Crippen LogP contribution in [-0.2, 0) is 11.4 Å². The maximum atomic E-state index is 10.8. The van der Waals surface area contributed by atoms with Crippen LogP contribution in [0.25, 0.3) is 0 Å². The van der Waals surface area contributed by atoms with E-state index in [-0.39, 0.29) is 5.91 Å². The van der Waals surface area contributed by atoms with Gasteiger partial charge in [-0.25, -0.2) is 5.43 Å². The monoisotopic (exact) mass is 346 g/mol. The van der Waals surface area contributed by atoms with Gasteiger partial charge in [0.05, 0.1) is 6.21 Å². The summed E-state index contributed by atoms with van der Waals surface area (Å²) in [5, 5.41) is 3.87.